The third-order valence-corrected chi connectivity index (χ3v) is 3.31. The number of carbonyl (C=O) groups excluding carboxylic acids is 1. The van der Waals surface area contributed by atoms with Gasteiger partial charge in [0.2, 0.25) is 5.91 Å². The van der Waals surface area contributed by atoms with Crippen LogP contribution in [0.5, 0.6) is 0 Å². The maximum absolute atomic E-state index is 11.9. The maximum Gasteiger partial charge on any atom is 0.237 e. The summed E-state index contributed by atoms with van der Waals surface area (Å²) >= 11 is 0. The van der Waals surface area contributed by atoms with E-state index in [1.165, 1.54) is 5.56 Å². The highest BCUT2D eigenvalue weighted by Crippen LogP contribution is 2.03. The topological polar surface area (TPSA) is 41.1 Å². The van der Waals surface area contributed by atoms with Gasteiger partial charge >= 0.3 is 0 Å². The van der Waals surface area contributed by atoms with Crippen molar-refractivity contribution in [2.75, 3.05) is 0 Å². The highest BCUT2D eigenvalue weighted by Gasteiger charge is 2.16. The number of amides is 1. The van der Waals surface area contributed by atoms with Crippen LogP contribution in [0.1, 0.15) is 39.7 Å². The standard InChI is InChI=1S/C16H26N2O/c1-5-12(2)18-16(19)14(4)17-13(3)11-15-9-7-6-8-10-15/h6-10,12-14,17H,5,11H2,1-4H3,(H,18,19). The van der Waals surface area contributed by atoms with Crippen LogP contribution in [-0.4, -0.2) is 24.0 Å². The zero-order chi connectivity index (χ0) is 14.3. The van der Waals surface area contributed by atoms with Crippen molar-refractivity contribution < 1.29 is 4.79 Å². The van der Waals surface area contributed by atoms with E-state index >= 15 is 0 Å². The minimum Gasteiger partial charge on any atom is -0.352 e. The van der Waals surface area contributed by atoms with Crippen LogP contribution in [0.15, 0.2) is 30.3 Å². The van der Waals surface area contributed by atoms with Crippen molar-refractivity contribution in [2.24, 2.45) is 0 Å². The summed E-state index contributed by atoms with van der Waals surface area (Å²) in [5, 5.41) is 6.34. The van der Waals surface area contributed by atoms with Gasteiger partial charge in [0.05, 0.1) is 6.04 Å². The first kappa shape index (κ1) is 15.7. The Kier molecular flexibility index (Phi) is 6.57. The minimum atomic E-state index is -0.160. The van der Waals surface area contributed by atoms with Crippen LogP contribution < -0.4 is 10.6 Å². The molecule has 0 aliphatic heterocycles. The van der Waals surface area contributed by atoms with E-state index in [1.54, 1.807) is 0 Å². The summed E-state index contributed by atoms with van der Waals surface area (Å²) in [6.07, 6.45) is 1.89. The molecule has 3 atom stereocenters. The lowest BCUT2D eigenvalue weighted by atomic mass is 10.1. The van der Waals surface area contributed by atoms with Gasteiger partial charge in [-0.3, -0.25) is 4.79 Å². The second-order valence-electron chi connectivity index (χ2n) is 5.30. The average molecular weight is 262 g/mol. The van der Waals surface area contributed by atoms with E-state index in [0.29, 0.717) is 0 Å². The molecular formula is C16H26N2O. The fraction of sp³-hybridized carbons (Fsp3) is 0.562. The Hall–Kier alpha value is -1.35. The van der Waals surface area contributed by atoms with E-state index < -0.39 is 0 Å². The smallest absolute Gasteiger partial charge is 0.237 e. The van der Waals surface area contributed by atoms with Crippen molar-refractivity contribution in [1.29, 1.82) is 0 Å². The van der Waals surface area contributed by atoms with Crippen molar-refractivity contribution in [3.8, 4) is 0 Å². The first-order valence-electron chi connectivity index (χ1n) is 7.13. The quantitative estimate of drug-likeness (QED) is 0.793. The van der Waals surface area contributed by atoms with Gasteiger partial charge in [-0.1, -0.05) is 37.3 Å². The average Bonchev–Trinajstić information content (AvgIpc) is 2.39. The van der Waals surface area contributed by atoms with Gasteiger partial charge in [-0.15, -0.1) is 0 Å². The molecule has 19 heavy (non-hydrogen) atoms. The molecule has 2 N–H and O–H groups in total. The zero-order valence-corrected chi connectivity index (χ0v) is 12.4. The van der Waals surface area contributed by atoms with Crippen molar-refractivity contribution in [3.63, 3.8) is 0 Å². The van der Waals surface area contributed by atoms with Gasteiger partial charge in [0.1, 0.15) is 0 Å². The van der Waals surface area contributed by atoms with E-state index in [1.807, 2.05) is 32.0 Å². The third-order valence-electron chi connectivity index (χ3n) is 3.31. The molecule has 0 aliphatic carbocycles. The Morgan fingerprint density at radius 3 is 2.32 bits per heavy atom. The Morgan fingerprint density at radius 2 is 1.74 bits per heavy atom. The molecule has 3 nitrogen and oxygen atoms in total. The van der Waals surface area contributed by atoms with Crippen LogP contribution >= 0.6 is 0 Å². The minimum absolute atomic E-state index is 0.0780. The van der Waals surface area contributed by atoms with Crippen LogP contribution in [-0.2, 0) is 11.2 Å². The number of benzene rings is 1. The van der Waals surface area contributed by atoms with Gasteiger partial charge in [-0.05, 0) is 39.2 Å². The molecule has 0 fully saturated rings. The highest BCUT2D eigenvalue weighted by molar-refractivity contribution is 5.81. The summed E-state index contributed by atoms with van der Waals surface area (Å²) in [5.41, 5.74) is 1.29. The van der Waals surface area contributed by atoms with Gasteiger partial charge in [-0.25, -0.2) is 0 Å². The van der Waals surface area contributed by atoms with Gasteiger partial charge in [0.25, 0.3) is 0 Å². The van der Waals surface area contributed by atoms with Gasteiger partial charge in [-0.2, -0.15) is 0 Å². The van der Waals surface area contributed by atoms with E-state index in [2.05, 4.69) is 36.6 Å². The molecule has 0 aromatic heterocycles. The number of hydrogen-bond acceptors (Lipinski definition) is 2. The molecular weight excluding hydrogens is 236 g/mol. The molecule has 1 aromatic rings. The fourth-order valence-corrected chi connectivity index (χ4v) is 2.00. The molecule has 3 heteroatoms. The zero-order valence-electron chi connectivity index (χ0n) is 12.4. The van der Waals surface area contributed by atoms with Crippen LogP contribution in [0, 0.1) is 0 Å². The monoisotopic (exact) mass is 262 g/mol. The largest absolute Gasteiger partial charge is 0.352 e. The predicted octanol–water partition coefficient (Wildman–Crippen LogP) is 2.51. The normalized spacial score (nSPS) is 15.6. The summed E-state index contributed by atoms with van der Waals surface area (Å²) < 4.78 is 0. The summed E-state index contributed by atoms with van der Waals surface area (Å²) in [6.45, 7) is 8.12. The van der Waals surface area contributed by atoms with Crippen LogP contribution in [0.4, 0.5) is 0 Å². The molecule has 1 rings (SSSR count). The lowest BCUT2D eigenvalue weighted by Crippen LogP contribution is -2.48. The van der Waals surface area contributed by atoms with E-state index in [4.69, 9.17) is 0 Å². The molecule has 106 valence electrons. The molecule has 0 radical (unpaired) electrons. The Balaban J connectivity index is 2.39. The van der Waals surface area contributed by atoms with Crippen molar-refractivity contribution in [2.45, 2.75) is 58.7 Å². The lowest BCUT2D eigenvalue weighted by Gasteiger charge is -2.21. The molecule has 0 saturated heterocycles. The van der Waals surface area contributed by atoms with E-state index in [9.17, 15) is 4.79 Å². The molecule has 0 bridgehead atoms. The predicted molar refractivity (Wildman–Crippen MR) is 80.1 cm³/mol. The molecule has 0 spiro atoms. The lowest BCUT2D eigenvalue weighted by molar-refractivity contribution is -0.123. The first-order valence-corrected chi connectivity index (χ1v) is 7.13. The first-order chi connectivity index (χ1) is 9.02. The summed E-state index contributed by atoms with van der Waals surface area (Å²) in [7, 11) is 0. The van der Waals surface area contributed by atoms with Crippen LogP contribution in [0.25, 0.3) is 0 Å². The summed E-state index contributed by atoms with van der Waals surface area (Å²) in [4.78, 5) is 11.9. The third kappa shape index (κ3) is 5.88. The second kappa shape index (κ2) is 7.95. The SMILES string of the molecule is CCC(C)NC(=O)C(C)NC(C)Cc1ccccc1. The Morgan fingerprint density at radius 1 is 1.11 bits per heavy atom. The number of hydrogen-bond donors (Lipinski definition) is 2. The van der Waals surface area contributed by atoms with Crippen molar-refractivity contribution in [3.05, 3.63) is 35.9 Å². The Labute approximate surface area is 116 Å². The second-order valence-corrected chi connectivity index (χ2v) is 5.30. The number of nitrogens with one attached hydrogen (secondary N) is 2. The van der Waals surface area contributed by atoms with Gasteiger partial charge in [0.15, 0.2) is 0 Å². The molecule has 1 amide bonds. The summed E-state index contributed by atoms with van der Waals surface area (Å²) in [6, 6.07) is 10.7. The highest BCUT2D eigenvalue weighted by atomic mass is 16.2. The van der Waals surface area contributed by atoms with Crippen LogP contribution in [0.3, 0.4) is 0 Å². The molecule has 0 aliphatic rings. The van der Waals surface area contributed by atoms with Gasteiger partial charge < -0.3 is 10.6 Å². The molecule has 1 aromatic carbocycles. The number of carbonyl (C=O) groups is 1. The maximum atomic E-state index is 11.9. The molecule has 0 heterocycles. The van der Waals surface area contributed by atoms with Gasteiger partial charge in [0, 0.05) is 12.1 Å². The number of rotatable bonds is 7. The van der Waals surface area contributed by atoms with E-state index in [0.717, 1.165) is 12.8 Å². The van der Waals surface area contributed by atoms with Crippen molar-refractivity contribution in [1.82, 2.24) is 10.6 Å². The molecule has 3 unspecified atom stereocenters. The van der Waals surface area contributed by atoms with E-state index in [-0.39, 0.29) is 24.0 Å². The van der Waals surface area contributed by atoms with Crippen molar-refractivity contribution >= 4 is 5.91 Å². The molecule has 0 saturated carbocycles. The van der Waals surface area contributed by atoms with Crippen LogP contribution in [0.2, 0.25) is 0 Å². The fourth-order valence-electron chi connectivity index (χ4n) is 2.00. The summed E-state index contributed by atoms with van der Waals surface area (Å²) in [5.74, 6) is 0.0780. The Bertz CT molecular complexity index is 378.